The van der Waals surface area contributed by atoms with Crippen LogP contribution in [0.3, 0.4) is 0 Å². The standard InChI is InChI=1S/C19H24O3/c1-3-5-14-7-9-18(21)17(12-14)15-8-10-19(22-2)16(13-15)6-4-11-20/h3,8,10,12-13,20-21H,1,4-7,9,11H2,2H3. The van der Waals surface area contributed by atoms with Gasteiger partial charge in [0, 0.05) is 18.6 Å². The second kappa shape index (κ2) is 7.85. The third-order valence-electron chi connectivity index (χ3n) is 3.94. The van der Waals surface area contributed by atoms with E-state index in [0.29, 0.717) is 18.6 Å². The predicted octanol–water partition coefficient (Wildman–Crippen LogP) is 4.19. The average Bonchev–Trinajstić information content (AvgIpc) is 2.54. The summed E-state index contributed by atoms with van der Waals surface area (Å²) in [6.45, 7) is 3.94. The number of hydrogen-bond acceptors (Lipinski definition) is 3. The highest BCUT2D eigenvalue weighted by molar-refractivity contribution is 5.78. The first-order valence-corrected chi connectivity index (χ1v) is 7.70. The summed E-state index contributed by atoms with van der Waals surface area (Å²) in [6.07, 6.45) is 7.82. The smallest absolute Gasteiger partial charge is 0.122 e. The Balaban J connectivity index is 2.36. The van der Waals surface area contributed by atoms with Gasteiger partial charge in [0.1, 0.15) is 11.5 Å². The van der Waals surface area contributed by atoms with Crippen molar-refractivity contribution in [2.75, 3.05) is 13.7 Å². The van der Waals surface area contributed by atoms with Crippen LogP contribution < -0.4 is 4.74 Å². The average molecular weight is 300 g/mol. The minimum absolute atomic E-state index is 0.157. The molecule has 1 aromatic rings. The van der Waals surface area contributed by atoms with E-state index in [4.69, 9.17) is 9.84 Å². The normalized spacial score (nSPS) is 14.7. The summed E-state index contributed by atoms with van der Waals surface area (Å²) in [5, 5.41) is 19.3. The molecule has 0 saturated heterocycles. The van der Waals surface area contributed by atoms with Gasteiger partial charge in [0.25, 0.3) is 0 Å². The highest BCUT2D eigenvalue weighted by Crippen LogP contribution is 2.33. The summed E-state index contributed by atoms with van der Waals surface area (Å²) < 4.78 is 5.38. The van der Waals surface area contributed by atoms with Gasteiger partial charge in [-0.1, -0.05) is 23.8 Å². The number of aliphatic hydroxyl groups is 2. The number of ether oxygens (including phenoxy) is 1. The molecule has 0 amide bonds. The van der Waals surface area contributed by atoms with E-state index >= 15 is 0 Å². The molecule has 3 nitrogen and oxygen atoms in total. The SMILES string of the molecule is C=CCC1=CC(c2ccc(OC)c(CCCO)c2)=C(O)CC1. The van der Waals surface area contributed by atoms with E-state index in [-0.39, 0.29) is 6.61 Å². The molecule has 0 radical (unpaired) electrons. The minimum Gasteiger partial charge on any atom is -0.512 e. The van der Waals surface area contributed by atoms with Gasteiger partial charge < -0.3 is 14.9 Å². The summed E-state index contributed by atoms with van der Waals surface area (Å²) in [6, 6.07) is 5.95. The van der Waals surface area contributed by atoms with Gasteiger partial charge in [0.05, 0.1) is 7.11 Å². The van der Waals surface area contributed by atoms with Gasteiger partial charge in [-0.3, -0.25) is 0 Å². The van der Waals surface area contributed by atoms with Crippen molar-refractivity contribution in [3.05, 3.63) is 59.4 Å². The molecule has 0 aliphatic heterocycles. The van der Waals surface area contributed by atoms with Crippen molar-refractivity contribution in [3.8, 4) is 5.75 Å². The summed E-state index contributed by atoms with van der Waals surface area (Å²) in [4.78, 5) is 0. The zero-order chi connectivity index (χ0) is 15.9. The molecule has 3 heteroatoms. The Morgan fingerprint density at radius 3 is 2.82 bits per heavy atom. The molecule has 22 heavy (non-hydrogen) atoms. The first-order chi connectivity index (χ1) is 10.7. The molecule has 1 aliphatic carbocycles. The van der Waals surface area contributed by atoms with Crippen LogP contribution in [0.15, 0.2) is 48.3 Å². The van der Waals surface area contributed by atoms with E-state index in [2.05, 4.69) is 12.7 Å². The molecule has 2 rings (SSSR count). The van der Waals surface area contributed by atoms with Gasteiger partial charge in [-0.05, 0) is 48.9 Å². The van der Waals surface area contributed by atoms with Crippen LogP contribution in [-0.2, 0) is 6.42 Å². The molecule has 0 bridgehead atoms. The molecule has 0 unspecified atom stereocenters. The maximum Gasteiger partial charge on any atom is 0.122 e. The molecule has 1 aliphatic rings. The Hall–Kier alpha value is -2.00. The van der Waals surface area contributed by atoms with Crippen LogP contribution in [0, 0.1) is 0 Å². The van der Waals surface area contributed by atoms with Gasteiger partial charge in [0.15, 0.2) is 0 Å². The monoisotopic (exact) mass is 300 g/mol. The lowest BCUT2D eigenvalue weighted by Crippen LogP contribution is -2.01. The number of aliphatic hydroxyl groups excluding tert-OH is 2. The Bertz CT molecular complexity index is 597. The molecule has 0 atom stereocenters. The fourth-order valence-corrected chi connectivity index (χ4v) is 2.78. The quantitative estimate of drug-likeness (QED) is 0.742. The highest BCUT2D eigenvalue weighted by atomic mass is 16.5. The number of hydrogen-bond donors (Lipinski definition) is 2. The molecule has 2 N–H and O–H groups in total. The lowest BCUT2D eigenvalue weighted by Gasteiger charge is -2.18. The number of allylic oxidation sites excluding steroid dienone is 5. The molecule has 0 aromatic heterocycles. The van der Waals surface area contributed by atoms with Crippen molar-refractivity contribution in [2.24, 2.45) is 0 Å². The van der Waals surface area contributed by atoms with Crippen LogP contribution in [0.5, 0.6) is 5.75 Å². The summed E-state index contributed by atoms with van der Waals surface area (Å²) in [5.74, 6) is 1.26. The number of aryl methyl sites for hydroxylation is 1. The van der Waals surface area contributed by atoms with Crippen LogP contribution >= 0.6 is 0 Å². The zero-order valence-corrected chi connectivity index (χ0v) is 13.1. The second-order valence-electron chi connectivity index (χ2n) is 5.51. The third kappa shape index (κ3) is 3.80. The van der Waals surface area contributed by atoms with Crippen molar-refractivity contribution in [1.29, 1.82) is 0 Å². The van der Waals surface area contributed by atoms with Crippen LogP contribution in [0.2, 0.25) is 0 Å². The fourth-order valence-electron chi connectivity index (χ4n) is 2.78. The Kier molecular flexibility index (Phi) is 5.84. The van der Waals surface area contributed by atoms with Crippen molar-refractivity contribution in [3.63, 3.8) is 0 Å². The van der Waals surface area contributed by atoms with Crippen LogP contribution in [0.4, 0.5) is 0 Å². The van der Waals surface area contributed by atoms with Gasteiger partial charge in [-0.15, -0.1) is 6.58 Å². The Morgan fingerprint density at radius 1 is 1.32 bits per heavy atom. The molecule has 0 spiro atoms. The first kappa shape index (κ1) is 16.4. The van der Waals surface area contributed by atoms with Crippen LogP contribution in [0.1, 0.15) is 36.8 Å². The van der Waals surface area contributed by atoms with Gasteiger partial charge in [-0.25, -0.2) is 0 Å². The predicted molar refractivity (Wildman–Crippen MR) is 90.1 cm³/mol. The number of methoxy groups -OCH3 is 1. The number of benzene rings is 1. The van der Waals surface area contributed by atoms with E-state index in [0.717, 1.165) is 41.7 Å². The molecule has 1 aromatic carbocycles. The molecule has 118 valence electrons. The van der Waals surface area contributed by atoms with E-state index in [1.807, 2.05) is 24.3 Å². The number of rotatable bonds is 7. The summed E-state index contributed by atoms with van der Waals surface area (Å²) in [7, 11) is 1.65. The fraction of sp³-hybridized carbons (Fsp3) is 0.368. The van der Waals surface area contributed by atoms with Crippen LogP contribution in [0.25, 0.3) is 5.57 Å². The summed E-state index contributed by atoms with van der Waals surface area (Å²) in [5.41, 5.74) is 4.22. The van der Waals surface area contributed by atoms with Gasteiger partial charge in [0.2, 0.25) is 0 Å². The molecular weight excluding hydrogens is 276 g/mol. The van der Waals surface area contributed by atoms with Crippen molar-refractivity contribution in [1.82, 2.24) is 0 Å². The molecule has 0 fully saturated rings. The third-order valence-corrected chi connectivity index (χ3v) is 3.94. The Morgan fingerprint density at radius 2 is 2.14 bits per heavy atom. The van der Waals surface area contributed by atoms with E-state index in [1.54, 1.807) is 7.11 Å². The Labute approximate surface area is 132 Å². The topological polar surface area (TPSA) is 49.7 Å². The maximum atomic E-state index is 10.2. The van der Waals surface area contributed by atoms with Crippen molar-refractivity contribution < 1.29 is 14.9 Å². The highest BCUT2D eigenvalue weighted by Gasteiger charge is 2.15. The second-order valence-corrected chi connectivity index (χ2v) is 5.51. The molecular formula is C19H24O3. The summed E-state index contributed by atoms with van der Waals surface area (Å²) >= 11 is 0. The van der Waals surface area contributed by atoms with E-state index in [9.17, 15) is 5.11 Å². The van der Waals surface area contributed by atoms with Gasteiger partial charge >= 0.3 is 0 Å². The minimum atomic E-state index is 0.157. The van der Waals surface area contributed by atoms with E-state index in [1.165, 1.54) is 5.57 Å². The molecule has 0 saturated carbocycles. The van der Waals surface area contributed by atoms with E-state index < -0.39 is 0 Å². The molecule has 0 heterocycles. The lowest BCUT2D eigenvalue weighted by molar-refractivity contribution is 0.287. The lowest BCUT2D eigenvalue weighted by atomic mass is 9.90. The first-order valence-electron chi connectivity index (χ1n) is 7.70. The zero-order valence-electron chi connectivity index (χ0n) is 13.1. The largest absolute Gasteiger partial charge is 0.512 e. The van der Waals surface area contributed by atoms with Gasteiger partial charge in [-0.2, -0.15) is 0 Å². The maximum absolute atomic E-state index is 10.2. The van der Waals surface area contributed by atoms with Crippen molar-refractivity contribution in [2.45, 2.75) is 32.1 Å². The van der Waals surface area contributed by atoms with Crippen molar-refractivity contribution >= 4 is 5.57 Å². The van der Waals surface area contributed by atoms with Crippen LogP contribution in [-0.4, -0.2) is 23.9 Å².